The third-order valence-corrected chi connectivity index (χ3v) is 6.01. The van der Waals surface area contributed by atoms with Gasteiger partial charge in [0.15, 0.2) is 11.0 Å². The maximum absolute atomic E-state index is 5.96. The van der Waals surface area contributed by atoms with E-state index in [2.05, 4.69) is 56.2 Å². The Bertz CT molecular complexity index is 1330. The Labute approximate surface area is 194 Å². The molecule has 2 aromatic heterocycles. The molecule has 5 aromatic rings. The van der Waals surface area contributed by atoms with Gasteiger partial charge in [0.25, 0.3) is 0 Å². The first-order chi connectivity index (χ1) is 15.7. The Balaban J connectivity index is 1.43. The molecule has 158 valence electrons. The van der Waals surface area contributed by atoms with Gasteiger partial charge in [-0.3, -0.25) is 4.57 Å². The Morgan fingerprint density at radius 3 is 2.31 bits per heavy atom. The van der Waals surface area contributed by atoms with Crippen molar-refractivity contribution in [3.63, 3.8) is 0 Å². The quantitative estimate of drug-likeness (QED) is 0.280. The molecule has 32 heavy (non-hydrogen) atoms. The largest absolute Gasteiger partial charge is 0.420 e. The van der Waals surface area contributed by atoms with Crippen molar-refractivity contribution in [3.8, 4) is 28.5 Å². The summed E-state index contributed by atoms with van der Waals surface area (Å²) in [5.74, 6) is 2.23. The highest BCUT2D eigenvalue weighted by Gasteiger charge is 2.17. The minimum Gasteiger partial charge on any atom is -0.420 e. The highest BCUT2D eigenvalue weighted by atomic mass is 35.5. The summed E-state index contributed by atoms with van der Waals surface area (Å²) in [5.41, 5.74) is 4.01. The average Bonchev–Trinajstić information content (AvgIpc) is 3.47. The second-order valence-corrected chi connectivity index (χ2v) is 8.52. The number of hydrogen-bond donors (Lipinski definition) is 0. The van der Waals surface area contributed by atoms with Gasteiger partial charge in [-0.25, -0.2) is 0 Å². The molecule has 0 spiro atoms. The van der Waals surface area contributed by atoms with E-state index in [-0.39, 0.29) is 0 Å². The minimum atomic E-state index is 0.460. The molecular weight excluding hydrogens is 442 g/mol. The molecule has 0 bridgehead atoms. The summed E-state index contributed by atoms with van der Waals surface area (Å²) in [5, 5.41) is 18.7. The lowest BCUT2D eigenvalue weighted by Crippen LogP contribution is -2.00. The van der Waals surface area contributed by atoms with Gasteiger partial charge >= 0.3 is 0 Å². The maximum Gasteiger partial charge on any atom is 0.247 e. The summed E-state index contributed by atoms with van der Waals surface area (Å²) in [4.78, 5) is 0. The van der Waals surface area contributed by atoms with E-state index in [4.69, 9.17) is 16.0 Å². The summed E-state index contributed by atoms with van der Waals surface area (Å²) >= 11 is 7.45. The van der Waals surface area contributed by atoms with Crippen molar-refractivity contribution in [2.75, 3.05) is 0 Å². The van der Waals surface area contributed by atoms with E-state index in [1.165, 1.54) is 17.3 Å². The Kier molecular flexibility index (Phi) is 5.75. The number of halogens is 1. The molecule has 0 atom stereocenters. The smallest absolute Gasteiger partial charge is 0.247 e. The van der Waals surface area contributed by atoms with Gasteiger partial charge in [0.2, 0.25) is 11.8 Å². The van der Waals surface area contributed by atoms with Crippen molar-refractivity contribution in [2.24, 2.45) is 0 Å². The van der Waals surface area contributed by atoms with Crippen LogP contribution in [0, 0.1) is 6.92 Å². The van der Waals surface area contributed by atoms with E-state index >= 15 is 0 Å². The zero-order valence-corrected chi connectivity index (χ0v) is 18.7. The molecule has 6 nitrogen and oxygen atoms in total. The molecule has 8 heteroatoms. The van der Waals surface area contributed by atoms with E-state index in [0.717, 1.165) is 27.8 Å². The third kappa shape index (κ3) is 4.30. The Morgan fingerprint density at radius 2 is 1.56 bits per heavy atom. The summed E-state index contributed by atoms with van der Waals surface area (Å²) < 4.78 is 7.89. The topological polar surface area (TPSA) is 69.6 Å². The van der Waals surface area contributed by atoms with Crippen LogP contribution in [-0.2, 0) is 5.75 Å². The van der Waals surface area contributed by atoms with Crippen LogP contribution in [0.3, 0.4) is 0 Å². The zero-order chi connectivity index (χ0) is 21.9. The third-order valence-electron chi connectivity index (χ3n) is 4.84. The predicted molar refractivity (Wildman–Crippen MR) is 126 cm³/mol. The van der Waals surface area contributed by atoms with Crippen LogP contribution < -0.4 is 0 Å². The molecule has 0 unspecified atom stereocenters. The SMILES string of the molecule is Cc1ccc(-n2c(SCc3nnc(-c4ccc(Cl)cc4)o3)nnc2-c2ccccc2)cc1. The standard InChI is InChI=1S/C24H18ClN5OS/c1-16-7-13-20(14-8-16)30-22(17-5-3-2-4-6-17)27-29-24(30)32-15-21-26-28-23(31-21)18-9-11-19(25)12-10-18/h2-14H,15H2,1H3. The molecule has 0 radical (unpaired) electrons. The van der Waals surface area contributed by atoms with Crippen LogP contribution in [0.1, 0.15) is 11.5 Å². The van der Waals surface area contributed by atoms with E-state index < -0.39 is 0 Å². The molecule has 0 aliphatic rings. The zero-order valence-electron chi connectivity index (χ0n) is 17.1. The summed E-state index contributed by atoms with van der Waals surface area (Å²) in [6, 6.07) is 25.6. The second kappa shape index (κ2) is 8.98. The van der Waals surface area contributed by atoms with Crippen LogP contribution >= 0.6 is 23.4 Å². The maximum atomic E-state index is 5.96. The minimum absolute atomic E-state index is 0.460. The number of rotatable bonds is 6. The summed E-state index contributed by atoms with van der Waals surface area (Å²) in [6.45, 7) is 2.07. The molecule has 3 aromatic carbocycles. The van der Waals surface area contributed by atoms with Crippen LogP contribution in [0.15, 0.2) is 88.4 Å². The van der Waals surface area contributed by atoms with Crippen molar-refractivity contribution < 1.29 is 4.42 Å². The van der Waals surface area contributed by atoms with Gasteiger partial charge in [0.05, 0.1) is 5.75 Å². The van der Waals surface area contributed by atoms with Gasteiger partial charge in [-0.2, -0.15) is 0 Å². The molecule has 0 aliphatic carbocycles. The molecule has 0 saturated carbocycles. The van der Waals surface area contributed by atoms with Gasteiger partial charge in [0.1, 0.15) is 0 Å². The molecule has 5 rings (SSSR count). The van der Waals surface area contributed by atoms with Crippen molar-refractivity contribution >= 4 is 23.4 Å². The average molecular weight is 460 g/mol. The van der Waals surface area contributed by atoms with E-state index in [1.807, 2.05) is 42.5 Å². The first kappa shape index (κ1) is 20.5. The van der Waals surface area contributed by atoms with Gasteiger partial charge in [-0.1, -0.05) is 71.4 Å². The van der Waals surface area contributed by atoms with Crippen LogP contribution in [0.4, 0.5) is 0 Å². The number of nitrogens with zero attached hydrogens (tertiary/aromatic N) is 5. The molecule has 2 heterocycles. The van der Waals surface area contributed by atoms with Crippen LogP contribution in [0.25, 0.3) is 28.5 Å². The fourth-order valence-corrected chi connectivity index (χ4v) is 4.13. The van der Waals surface area contributed by atoms with Crippen molar-refractivity contribution in [3.05, 3.63) is 95.3 Å². The van der Waals surface area contributed by atoms with Crippen LogP contribution in [0.2, 0.25) is 5.02 Å². The first-order valence-electron chi connectivity index (χ1n) is 9.96. The molecular formula is C24H18ClN5OS. The monoisotopic (exact) mass is 459 g/mol. The molecule has 0 aliphatic heterocycles. The van der Waals surface area contributed by atoms with Crippen molar-refractivity contribution in [2.45, 2.75) is 17.8 Å². The number of benzene rings is 3. The van der Waals surface area contributed by atoms with Crippen LogP contribution in [-0.4, -0.2) is 25.0 Å². The van der Waals surface area contributed by atoms with Crippen LogP contribution in [0.5, 0.6) is 0 Å². The number of aromatic nitrogens is 5. The van der Waals surface area contributed by atoms with Gasteiger partial charge in [0, 0.05) is 21.8 Å². The van der Waals surface area contributed by atoms with Crippen molar-refractivity contribution in [1.29, 1.82) is 0 Å². The van der Waals surface area contributed by atoms with Gasteiger partial charge in [-0.05, 0) is 43.3 Å². The summed E-state index contributed by atoms with van der Waals surface area (Å²) in [7, 11) is 0. The lowest BCUT2D eigenvalue weighted by molar-refractivity contribution is 0.528. The first-order valence-corrected chi connectivity index (χ1v) is 11.3. The highest BCUT2D eigenvalue weighted by Crippen LogP contribution is 2.30. The molecule has 0 N–H and O–H groups in total. The van der Waals surface area contributed by atoms with Gasteiger partial charge in [-0.15, -0.1) is 20.4 Å². The van der Waals surface area contributed by atoms with E-state index in [9.17, 15) is 0 Å². The normalized spacial score (nSPS) is 11.1. The lowest BCUT2D eigenvalue weighted by atomic mass is 10.2. The highest BCUT2D eigenvalue weighted by molar-refractivity contribution is 7.98. The summed E-state index contributed by atoms with van der Waals surface area (Å²) in [6.07, 6.45) is 0. The fraction of sp³-hybridized carbons (Fsp3) is 0.0833. The number of hydrogen-bond acceptors (Lipinski definition) is 6. The Hall–Kier alpha value is -3.42. The number of aryl methyl sites for hydroxylation is 1. The molecule has 0 amide bonds. The van der Waals surface area contributed by atoms with E-state index in [0.29, 0.717) is 22.6 Å². The number of thioether (sulfide) groups is 1. The van der Waals surface area contributed by atoms with Crippen molar-refractivity contribution in [1.82, 2.24) is 25.0 Å². The molecule has 0 saturated heterocycles. The lowest BCUT2D eigenvalue weighted by Gasteiger charge is -2.10. The fourth-order valence-electron chi connectivity index (χ4n) is 3.21. The molecule has 0 fully saturated rings. The Morgan fingerprint density at radius 1 is 0.812 bits per heavy atom. The van der Waals surface area contributed by atoms with Gasteiger partial charge < -0.3 is 4.42 Å². The van der Waals surface area contributed by atoms with E-state index in [1.54, 1.807) is 12.1 Å². The second-order valence-electron chi connectivity index (χ2n) is 7.14. The predicted octanol–water partition coefficient (Wildman–Crippen LogP) is 6.24.